The minimum Gasteiger partial charge on any atom is -0.508 e. The van der Waals surface area contributed by atoms with Crippen LogP contribution in [-0.4, -0.2) is 30.6 Å². The number of anilines is 2. The third-order valence-electron chi connectivity index (χ3n) is 5.19. The Hall–Kier alpha value is -4.48. The summed E-state index contributed by atoms with van der Waals surface area (Å²) < 4.78 is 11.0. The summed E-state index contributed by atoms with van der Waals surface area (Å²) in [4.78, 5) is 24.9. The van der Waals surface area contributed by atoms with E-state index in [1.54, 1.807) is 6.07 Å². The Kier molecular flexibility index (Phi) is 8.55. The average Bonchev–Trinajstić information content (AvgIpc) is 2.85. The molecule has 3 aromatic rings. The molecular formula is C27H24ClN3O5. The van der Waals surface area contributed by atoms with Gasteiger partial charge in [0, 0.05) is 11.4 Å². The first-order valence-electron chi connectivity index (χ1n) is 10.8. The van der Waals surface area contributed by atoms with Gasteiger partial charge in [-0.05, 0) is 85.1 Å². The summed E-state index contributed by atoms with van der Waals surface area (Å²) in [7, 11) is 1.41. The van der Waals surface area contributed by atoms with Crippen molar-refractivity contribution in [3.8, 4) is 23.3 Å². The highest BCUT2D eigenvalue weighted by atomic mass is 35.5. The number of carbonyl (C=O) groups is 2. The molecule has 184 valence electrons. The zero-order valence-corrected chi connectivity index (χ0v) is 20.6. The van der Waals surface area contributed by atoms with Gasteiger partial charge in [0.15, 0.2) is 18.1 Å². The van der Waals surface area contributed by atoms with Crippen LogP contribution in [0.25, 0.3) is 6.08 Å². The monoisotopic (exact) mass is 505 g/mol. The van der Waals surface area contributed by atoms with Crippen LogP contribution in [0.5, 0.6) is 17.2 Å². The van der Waals surface area contributed by atoms with Crippen LogP contribution in [0.3, 0.4) is 0 Å². The van der Waals surface area contributed by atoms with E-state index in [1.165, 1.54) is 49.6 Å². The molecule has 0 fully saturated rings. The van der Waals surface area contributed by atoms with Gasteiger partial charge < -0.3 is 25.2 Å². The van der Waals surface area contributed by atoms with Crippen molar-refractivity contribution in [2.24, 2.45) is 0 Å². The fraction of sp³-hybridized carbons (Fsp3) is 0.148. The van der Waals surface area contributed by atoms with E-state index in [4.69, 9.17) is 21.1 Å². The Bertz CT molecular complexity index is 1360. The predicted molar refractivity (Wildman–Crippen MR) is 138 cm³/mol. The topological polar surface area (TPSA) is 121 Å². The molecule has 0 unspecified atom stereocenters. The van der Waals surface area contributed by atoms with Crippen LogP contribution >= 0.6 is 11.6 Å². The van der Waals surface area contributed by atoms with Gasteiger partial charge in [0.05, 0.1) is 12.1 Å². The second-order valence-corrected chi connectivity index (χ2v) is 8.25. The molecule has 2 amide bonds. The molecule has 3 rings (SSSR count). The number of aryl methyl sites for hydroxylation is 2. The number of ether oxygens (including phenoxy) is 2. The van der Waals surface area contributed by atoms with Gasteiger partial charge in [0.2, 0.25) is 0 Å². The van der Waals surface area contributed by atoms with Gasteiger partial charge in [-0.3, -0.25) is 9.59 Å². The van der Waals surface area contributed by atoms with Crippen LogP contribution in [0.2, 0.25) is 5.02 Å². The number of nitrogens with one attached hydrogen (secondary N) is 2. The van der Waals surface area contributed by atoms with Crippen molar-refractivity contribution >= 4 is 40.9 Å². The van der Waals surface area contributed by atoms with Crippen molar-refractivity contribution in [3.63, 3.8) is 0 Å². The number of carbonyl (C=O) groups excluding carboxylic acids is 2. The predicted octanol–water partition coefficient (Wildman–Crippen LogP) is 5.23. The Labute approximate surface area is 213 Å². The molecule has 0 aromatic heterocycles. The summed E-state index contributed by atoms with van der Waals surface area (Å²) in [5.74, 6) is -0.585. The Morgan fingerprint density at radius 3 is 2.36 bits per heavy atom. The normalized spacial score (nSPS) is 10.8. The highest BCUT2D eigenvalue weighted by Crippen LogP contribution is 2.37. The number of nitrogens with zero attached hydrogens (tertiary/aromatic N) is 1. The second kappa shape index (κ2) is 11.8. The molecular weight excluding hydrogens is 482 g/mol. The van der Waals surface area contributed by atoms with Crippen LogP contribution in [0.15, 0.2) is 60.2 Å². The number of rotatable bonds is 8. The largest absolute Gasteiger partial charge is 0.508 e. The van der Waals surface area contributed by atoms with Gasteiger partial charge in [-0.15, -0.1) is 0 Å². The molecule has 0 aliphatic heterocycles. The summed E-state index contributed by atoms with van der Waals surface area (Å²) in [5.41, 5.74) is 3.48. The van der Waals surface area contributed by atoms with Crippen LogP contribution < -0.4 is 20.1 Å². The van der Waals surface area contributed by atoms with Gasteiger partial charge >= 0.3 is 0 Å². The van der Waals surface area contributed by atoms with E-state index in [0.717, 1.165) is 11.1 Å². The van der Waals surface area contributed by atoms with Crippen molar-refractivity contribution in [2.45, 2.75) is 13.8 Å². The number of hydrogen-bond acceptors (Lipinski definition) is 6. The molecule has 0 heterocycles. The first-order valence-corrected chi connectivity index (χ1v) is 11.2. The lowest BCUT2D eigenvalue weighted by atomic mass is 10.1. The molecule has 8 nitrogen and oxygen atoms in total. The molecule has 0 atom stereocenters. The number of benzene rings is 3. The third-order valence-corrected chi connectivity index (χ3v) is 5.47. The Morgan fingerprint density at radius 1 is 1.03 bits per heavy atom. The first-order chi connectivity index (χ1) is 17.2. The lowest BCUT2D eigenvalue weighted by Gasteiger charge is -2.14. The third kappa shape index (κ3) is 6.78. The molecule has 36 heavy (non-hydrogen) atoms. The zero-order chi connectivity index (χ0) is 26.2. The highest BCUT2D eigenvalue weighted by Gasteiger charge is 2.16. The molecule has 3 aromatic carbocycles. The molecule has 0 aliphatic carbocycles. The van der Waals surface area contributed by atoms with E-state index in [-0.39, 0.29) is 40.4 Å². The van der Waals surface area contributed by atoms with Gasteiger partial charge in [0.25, 0.3) is 11.8 Å². The average molecular weight is 506 g/mol. The standard InChI is InChI=1S/C27H24ClN3O5/c1-16-4-5-21(10-17(16)2)30-25(33)15-36-26-23(28)12-18(13-24(26)35-3)11-19(14-29)27(34)31-20-6-8-22(32)9-7-20/h4-13,32H,15H2,1-3H3,(H,30,33)(H,31,34)/b19-11+. The molecule has 0 saturated heterocycles. The maximum absolute atomic E-state index is 12.5. The van der Waals surface area contributed by atoms with E-state index >= 15 is 0 Å². The van der Waals surface area contributed by atoms with E-state index in [1.807, 2.05) is 32.0 Å². The Morgan fingerprint density at radius 2 is 1.72 bits per heavy atom. The zero-order valence-electron chi connectivity index (χ0n) is 19.9. The van der Waals surface area contributed by atoms with Crippen molar-refractivity contribution in [2.75, 3.05) is 24.4 Å². The fourth-order valence-corrected chi connectivity index (χ4v) is 3.45. The lowest BCUT2D eigenvalue weighted by Crippen LogP contribution is -2.20. The van der Waals surface area contributed by atoms with E-state index in [9.17, 15) is 20.0 Å². The van der Waals surface area contributed by atoms with Gasteiger partial charge in [-0.25, -0.2) is 0 Å². The number of hydrogen-bond donors (Lipinski definition) is 3. The lowest BCUT2D eigenvalue weighted by molar-refractivity contribution is -0.118. The Balaban J connectivity index is 1.73. The second-order valence-electron chi connectivity index (χ2n) is 7.84. The minimum atomic E-state index is -0.637. The highest BCUT2D eigenvalue weighted by molar-refractivity contribution is 6.32. The molecule has 0 saturated carbocycles. The van der Waals surface area contributed by atoms with Crippen molar-refractivity contribution < 1.29 is 24.2 Å². The van der Waals surface area contributed by atoms with Gasteiger partial charge in [0.1, 0.15) is 17.4 Å². The quantitative estimate of drug-likeness (QED) is 0.219. The number of nitriles is 1. The summed E-state index contributed by atoms with van der Waals surface area (Å²) >= 11 is 6.37. The van der Waals surface area contributed by atoms with E-state index < -0.39 is 5.91 Å². The summed E-state index contributed by atoms with van der Waals surface area (Å²) in [6, 6.07) is 16.3. The number of amides is 2. The van der Waals surface area contributed by atoms with Gasteiger partial charge in [-0.1, -0.05) is 17.7 Å². The van der Waals surface area contributed by atoms with Crippen molar-refractivity contribution in [1.82, 2.24) is 0 Å². The smallest absolute Gasteiger partial charge is 0.266 e. The van der Waals surface area contributed by atoms with Crippen LogP contribution in [0, 0.1) is 25.2 Å². The van der Waals surface area contributed by atoms with Crippen LogP contribution in [0.4, 0.5) is 11.4 Å². The molecule has 0 bridgehead atoms. The minimum absolute atomic E-state index is 0.0517. The summed E-state index contributed by atoms with van der Waals surface area (Å²) in [6.45, 7) is 3.63. The van der Waals surface area contributed by atoms with E-state index in [0.29, 0.717) is 16.9 Å². The summed E-state index contributed by atoms with van der Waals surface area (Å²) in [6.07, 6.45) is 1.35. The first kappa shape index (κ1) is 26.1. The van der Waals surface area contributed by atoms with Crippen LogP contribution in [0.1, 0.15) is 16.7 Å². The van der Waals surface area contributed by atoms with E-state index in [2.05, 4.69) is 10.6 Å². The molecule has 9 heteroatoms. The molecule has 3 N–H and O–H groups in total. The molecule has 0 aliphatic rings. The maximum Gasteiger partial charge on any atom is 0.266 e. The number of halogens is 1. The van der Waals surface area contributed by atoms with Gasteiger partial charge in [-0.2, -0.15) is 5.26 Å². The number of methoxy groups -OCH3 is 1. The maximum atomic E-state index is 12.5. The number of aromatic hydroxyl groups is 1. The molecule has 0 spiro atoms. The SMILES string of the molecule is COc1cc(/C=C(\C#N)C(=O)Nc2ccc(O)cc2)cc(Cl)c1OCC(=O)Nc1ccc(C)c(C)c1. The molecule has 0 radical (unpaired) electrons. The number of phenolic OH excluding ortho intramolecular Hbond substituents is 1. The van der Waals surface area contributed by atoms with Crippen molar-refractivity contribution in [1.29, 1.82) is 5.26 Å². The van der Waals surface area contributed by atoms with Crippen LogP contribution in [-0.2, 0) is 9.59 Å². The summed E-state index contributed by atoms with van der Waals surface area (Å²) in [5, 5.41) is 24.3. The number of phenols is 1. The van der Waals surface area contributed by atoms with Crippen molar-refractivity contribution in [3.05, 3.63) is 81.9 Å². The fourth-order valence-electron chi connectivity index (χ4n) is 3.18.